The summed E-state index contributed by atoms with van der Waals surface area (Å²) in [6.07, 6.45) is -3.84. The minimum atomic E-state index is -4.73. The number of alkyl halides is 3. The highest BCUT2D eigenvalue weighted by atomic mass is 19.4. The van der Waals surface area contributed by atoms with Crippen LogP contribution in [-0.4, -0.2) is 21.0 Å². The summed E-state index contributed by atoms with van der Waals surface area (Å²) in [4.78, 5) is 24.4. The molecule has 0 spiro atoms. The smallest absolute Gasteiger partial charge is 0.417 e. The van der Waals surface area contributed by atoms with Gasteiger partial charge in [-0.25, -0.2) is 4.79 Å². The van der Waals surface area contributed by atoms with Crippen molar-refractivity contribution in [3.8, 4) is 11.1 Å². The molecule has 0 aliphatic rings. The van der Waals surface area contributed by atoms with E-state index in [0.717, 1.165) is 30.5 Å². The minimum absolute atomic E-state index is 0.415. The van der Waals surface area contributed by atoms with Crippen LogP contribution in [-0.2, 0) is 6.18 Å². The van der Waals surface area contributed by atoms with Crippen molar-refractivity contribution in [2.45, 2.75) is 6.18 Å². The topological polar surface area (TPSA) is 93.3 Å². The minimum Gasteiger partial charge on any atom is -0.477 e. The van der Waals surface area contributed by atoms with E-state index in [-0.39, 0.29) is 0 Å². The normalized spacial score (nSPS) is 11.2. The summed E-state index contributed by atoms with van der Waals surface area (Å²) in [6.45, 7) is 0. The Bertz CT molecular complexity index is 759. The van der Waals surface area contributed by atoms with Crippen LogP contribution in [0.4, 0.5) is 19.0 Å². The van der Waals surface area contributed by atoms with Crippen LogP contribution in [0.2, 0.25) is 0 Å². The number of pyridine rings is 1. The molecule has 1 N–H and O–H groups in total. The second kappa shape index (κ2) is 5.43. The molecule has 6 nitrogen and oxygen atoms in total. The van der Waals surface area contributed by atoms with Crippen molar-refractivity contribution in [2.75, 3.05) is 0 Å². The van der Waals surface area contributed by atoms with E-state index in [9.17, 15) is 28.1 Å². The molecule has 0 bridgehead atoms. The van der Waals surface area contributed by atoms with E-state index in [1.165, 1.54) is 6.07 Å². The Kier molecular flexibility index (Phi) is 3.81. The molecule has 1 aromatic heterocycles. The van der Waals surface area contributed by atoms with Gasteiger partial charge in [-0.3, -0.25) is 0 Å². The van der Waals surface area contributed by atoms with Gasteiger partial charge in [-0.05, 0) is 27.6 Å². The van der Waals surface area contributed by atoms with Gasteiger partial charge in [0.1, 0.15) is 6.20 Å². The maximum atomic E-state index is 13.0. The molecule has 22 heavy (non-hydrogen) atoms. The molecular weight excluding hydrogens is 305 g/mol. The zero-order chi connectivity index (χ0) is 16.5. The molecule has 0 radical (unpaired) electrons. The molecule has 0 aliphatic carbocycles. The second-order valence-electron chi connectivity index (χ2n) is 4.16. The average molecular weight is 312 g/mol. The number of hydrogen-bond donors (Lipinski definition) is 1. The molecular formula is C13H7F3N2O4. The number of carbonyl (C=O) groups is 1. The summed E-state index contributed by atoms with van der Waals surface area (Å²) >= 11 is 0. The van der Waals surface area contributed by atoms with Gasteiger partial charge in [0.05, 0.1) is 5.56 Å². The highest BCUT2D eigenvalue weighted by molar-refractivity contribution is 5.99. The molecule has 0 saturated heterocycles. The van der Waals surface area contributed by atoms with Gasteiger partial charge in [-0.2, -0.15) is 13.2 Å². The Hall–Kier alpha value is -2.97. The van der Waals surface area contributed by atoms with E-state index in [0.29, 0.717) is 0 Å². The molecule has 114 valence electrons. The molecule has 0 saturated carbocycles. The third-order valence-corrected chi connectivity index (χ3v) is 2.84. The summed E-state index contributed by atoms with van der Waals surface area (Å²) in [5, 5.41) is 20.0. The lowest BCUT2D eigenvalue weighted by Gasteiger charge is -2.13. The molecule has 2 rings (SSSR count). The lowest BCUT2D eigenvalue weighted by molar-refractivity contribution is -0.389. The number of rotatable bonds is 3. The van der Waals surface area contributed by atoms with Crippen LogP contribution in [0.25, 0.3) is 11.1 Å². The average Bonchev–Trinajstić information content (AvgIpc) is 2.45. The lowest BCUT2D eigenvalue weighted by atomic mass is 9.96. The van der Waals surface area contributed by atoms with E-state index >= 15 is 0 Å². The molecule has 0 unspecified atom stereocenters. The van der Waals surface area contributed by atoms with E-state index in [4.69, 9.17) is 5.11 Å². The molecule has 1 aromatic carbocycles. The summed E-state index contributed by atoms with van der Waals surface area (Å²) < 4.78 is 39.1. The number of aromatic nitrogens is 1. The molecule has 2 aromatic rings. The van der Waals surface area contributed by atoms with Gasteiger partial charge in [0.2, 0.25) is 0 Å². The van der Waals surface area contributed by atoms with Crippen molar-refractivity contribution in [3.05, 3.63) is 57.8 Å². The number of aromatic carboxylic acids is 1. The third kappa shape index (κ3) is 2.73. The predicted molar refractivity (Wildman–Crippen MR) is 68.3 cm³/mol. The van der Waals surface area contributed by atoms with Gasteiger partial charge in [0.15, 0.2) is 5.56 Å². The van der Waals surface area contributed by atoms with Crippen LogP contribution >= 0.6 is 0 Å². The van der Waals surface area contributed by atoms with Crippen LogP contribution in [0.1, 0.15) is 15.9 Å². The number of carboxylic acids is 1. The standard InChI is InChI=1S/C13H7F3N2O4/c14-13(15,16)9-4-2-1-3-7(9)8-5-6-17-11(18(21)22)10(8)12(19)20/h1-6H,(H,19,20). The first-order chi connectivity index (χ1) is 10.2. The van der Waals surface area contributed by atoms with E-state index in [1.54, 1.807) is 0 Å². The summed E-state index contributed by atoms with van der Waals surface area (Å²) in [5.41, 5.74) is -2.85. The van der Waals surface area contributed by atoms with E-state index in [1.807, 2.05) is 0 Å². The van der Waals surface area contributed by atoms with Crippen LogP contribution in [0.5, 0.6) is 0 Å². The van der Waals surface area contributed by atoms with Crippen LogP contribution in [0.3, 0.4) is 0 Å². The van der Waals surface area contributed by atoms with Gasteiger partial charge < -0.3 is 15.2 Å². The largest absolute Gasteiger partial charge is 0.477 e. The fraction of sp³-hybridized carbons (Fsp3) is 0.0769. The van der Waals surface area contributed by atoms with Crippen molar-refractivity contribution in [1.82, 2.24) is 4.98 Å². The van der Waals surface area contributed by atoms with Crippen molar-refractivity contribution in [1.29, 1.82) is 0 Å². The molecule has 0 aliphatic heterocycles. The number of hydrogen-bond acceptors (Lipinski definition) is 4. The SMILES string of the molecule is O=C(O)c1c(-c2ccccc2C(F)(F)F)ccnc1[N+](=O)[O-]. The van der Waals surface area contributed by atoms with Crippen molar-refractivity contribution >= 4 is 11.8 Å². The maximum absolute atomic E-state index is 13.0. The Morgan fingerprint density at radius 2 is 1.82 bits per heavy atom. The Labute approximate surface area is 121 Å². The van der Waals surface area contributed by atoms with Gasteiger partial charge in [0.25, 0.3) is 0 Å². The number of nitrogens with zero attached hydrogens (tertiary/aromatic N) is 2. The Balaban J connectivity index is 2.83. The molecule has 0 atom stereocenters. The van der Waals surface area contributed by atoms with E-state index in [2.05, 4.69) is 4.98 Å². The molecule has 9 heteroatoms. The molecule has 0 fully saturated rings. The quantitative estimate of drug-likeness (QED) is 0.692. The number of halogens is 3. The third-order valence-electron chi connectivity index (χ3n) is 2.84. The Morgan fingerprint density at radius 3 is 2.36 bits per heavy atom. The molecule has 0 amide bonds. The zero-order valence-electron chi connectivity index (χ0n) is 10.7. The monoisotopic (exact) mass is 312 g/mol. The van der Waals surface area contributed by atoms with Gasteiger partial charge in [-0.1, -0.05) is 18.2 Å². The summed E-state index contributed by atoms with van der Waals surface area (Å²) in [6, 6.07) is 5.24. The lowest BCUT2D eigenvalue weighted by Crippen LogP contribution is -2.11. The number of nitro groups is 1. The van der Waals surface area contributed by atoms with Crippen molar-refractivity contribution < 1.29 is 28.0 Å². The zero-order valence-corrected chi connectivity index (χ0v) is 10.7. The van der Waals surface area contributed by atoms with E-state index < -0.39 is 45.1 Å². The first-order valence-electron chi connectivity index (χ1n) is 5.76. The summed E-state index contributed by atoms with van der Waals surface area (Å²) in [5.74, 6) is -2.74. The fourth-order valence-electron chi connectivity index (χ4n) is 1.99. The van der Waals surface area contributed by atoms with Crippen molar-refractivity contribution in [3.63, 3.8) is 0 Å². The fourth-order valence-corrected chi connectivity index (χ4v) is 1.99. The second-order valence-corrected chi connectivity index (χ2v) is 4.16. The van der Waals surface area contributed by atoms with Crippen molar-refractivity contribution in [2.24, 2.45) is 0 Å². The number of benzene rings is 1. The van der Waals surface area contributed by atoms with Gasteiger partial charge in [-0.15, -0.1) is 0 Å². The number of carboxylic acid groups (broad SMARTS) is 1. The van der Waals surface area contributed by atoms with Crippen LogP contribution in [0.15, 0.2) is 36.5 Å². The highest BCUT2D eigenvalue weighted by Crippen LogP contribution is 2.39. The first kappa shape index (κ1) is 15.4. The van der Waals surface area contributed by atoms with Gasteiger partial charge in [0, 0.05) is 5.56 Å². The molecule has 1 heterocycles. The summed E-state index contributed by atoms with van der Waals surface area (Å²) in [7, 11) is 0. The van der Waals surface area contributed by atoms with Crippen LogP contribution < -0.4 is 0 Å². The maximum Gasteiger partial charge on any atom is 0.417 e. The first-order valence-corrected chi connectivity index (χ1v) is 5.76. The predicted octanol–water partition coefficient (Wildman–Crippen LogP) is 3.37. The Morgan fingerprint density at radius 1 is 1.18 bits per heavy atom. The van der Waals surface area contributed by atoms with Gasteiger partial charge >= 0.3 is 18.0 Å². The van der Waals surface area contributed by atoms with Crippen LogP contribution in [0, 0.1) is 10.1 Å². The highest BCUT2D eigenvalue weighted by Gasteiger charge is 2.35.